The molecule has 1 aliphatic rings. The average molecular weight is 280 g/mol. The lowest BCUT2D eigenvalue weighted by Crippen LogP contribution is -2.37. The Morgan fingerprint density at radius 1 is 1.40 bits per heavy atom. The Morgan fingerprint density at radius 3 is 2.75 bits per heavy atom. The summed E-state index contributed by atoms with van der Waals surface area (Å²) in [4.78, 5) is 22.5. The summed E-state index contributed by atoms with van der Waals surface area (Å²) in [7, 11) is 0. The number of rotatable bonds is 5. The van der Waals surface area contributed by atoms with Crippen LogP contribution >= 0.6 is 0 Å². The summed E-state index contributed by atoms with van der Waals surface area (Å²) in [5.74, 6) is -1.31. The van der Waals surface area contributed by atoms with Gasteiger partial charge in [0.2, 0.25) is 0 Å². The van der Waals surface area contributed by atoms with Gasteiger partial charge in [-0.1, -0.05) is 31.4 Å². The van der Waals surface area contributed by atoms with E-state index in [1.54, 1.807) is 0 Å². The van der Waals surface area contributed by atoms with Crippen LogP contribution in [0.4, 0.5) is 0 Å². The number of carbonyl (C=O) groups excluding carboxylic acids is 1. The van der Waals surface area contributed by atoms with Gasteiger partial charge < -0.3 is 10.4 Å². The van der Waals surface area contributed by atoms with Crippen molar-refractivity contribution in [2.45, 2.75) is 45.6 Å². The predicted octanol–water partition coefficient (Wildman–Crippen LogP) is 1.06. The van der Waals surface area contributed by atoms with E-state index < -0.39 is 5.97 Å². The van der Waals surface area contributed by atoms with Crippen molar-refractivity contribution in [3.63, 3.8) is 0 Å². The van der Waals surface area contributed by atoms with Gasteiger partial charge in [0.1, 0.15) is 6.54 Å². The number of aliphatic carboxylic acids is 1. The van der Waals surface area contributed by atoms with E-state index in [1.165, 1.54) is 25.5 Å². The Hall–Kier alpha value is -1.92. The molecular formula is C13H20N4O3. The molecule has 1 aromatic heterocycles. The Labute approximate surface area is 117 Å². The lowest BCUT2D eigenvalue weighted by atomic mass is 9.76. The summed E-state index contributed by atoms with van der Waals surface area (Å²) in [5, 5.41) is 18.8. The fourth-order valence-electron chi connectivity index (χ4n) is 2.58. The van der Waals surface area contributed by atoms with Gasteiger partial charge in [0.25, 0.3) is 5.91 Å². The van der Waals surface area contributed by atoms with Gasteiger partial charge in [0.05, 0.1) is 6.20 Å². The third-order valence-electron chi connectivity index (χ3n) is 3.80. The van der Waals surface area contributed by atoms with Crippen LogP contribution in [0.25, 0.3) is 0 Å². The lowest BCUT2D eigenvalue weighted by molar-refractivity contribution is -0.137. The molecule has 1 aliphatic carbocycles. The third-order valence-corrected chi connectivity index (χ3v) is 3.80. The van der Waals surface area contributed by atoms with Crippen LogP contribution in [-0.2, 0) is 11.3 Å². The maximum atomic E-state index is 12.0. The number of carboxylic acid groups (broad SMARTS) is 1. The summed E-state index contributed by atoms with van der Waals surface area (Å²) in [5.41, 5.74) is 0.316. The topological polar surface area (TPSA) is 97.1 Å². The Bertz CT molecular complexity index is 492. The normalized spacial score (nSPS) is 17.6. The molecule has 1 fully saturated rings. The predicted molar refractivity (Wildman–Crippen MR) is 71.2 cm³/mol. The SMILES string of the molecule is CC1(CNC(=O)c2cn(CC(=O)O)nn2)CCCCC1. The monoisotopic (exact) mass is 280 g/mol. The number of hydrogen-bond acceptors (Lipinski definition) is 4. The van der Waals surface area contributed by atoms with Crippen LogP contribution in [-0.4, -0.2) is 38.5 Å². The maximum absolute atomic E-state index is 12.0. The van der Waals surface area contributed by atoms with E-state index in [4.69, 9.17) is 5.11 Å². The first-order valence-corrected chi connectivity index (χ1v) is 6.89. The van der Waals surface area contributed by atoms with Gasteiger partial charge in [-0.15, -0.1) is 5.10 Å². The molecule has 0 unspecified atom stereocenters. The number of nitrogens with zero attached hydrogens (tertiary/aromatic N) is 3. The highest BCUT2D eigenvalue weighted by Gasteiger charge is 2.27. The van der Waals surface area contributed by atoms with E-state index >= 15 is 0 Å². The lowest BCUT2D eigenvalue weighted by Gasteiger charge is -2.33. The number of amides is 1. The molecule has 0 aromatic carbocycles. The molecule has 0 atom stereocenters. The molecule has 1 saturated carbocycles. The first-order valence-electron chi connectivity index (χ1n) is 6.89. The highest BCUT2D eigenvalue weighted by Crippen LogP contribution is 2.34. The molecule has 0 saturated heterocycles. The zero-order valence-corrected chi connectivity index (χ0v) is 11.6. The van der Waals surface area contributed by atoms with Crippen molar-refractivity contribution < 1.29 is 14.7 Å². The van der Waals surface area contributed by atoms with Crippen molar-refractivity contribution in [3.05, 3.63) is 11.9 Å². The molecular weight excluding hydrogens is 260 g/mol. The summed E-state index contributed by atoms with van der Waals surface area (Å²) < 4.78 is 1.14. The molecule has 7 nitrogen and oxygen atoms in total. The van der Waals surface area contributed by atoms with Crippen molar-refractivity contribution in [1.29, 1.82) is 0 Å². The highest BCUT2D eigenvalue weighted by atomic mass is 16.4. The van der Waals surface area contributed by atoms with Crippen LogP contribution in [0.5, 0.6) is 0 Å². The molecule has 0 spiro atoms. The summed E-state index contributed by atoms with van der Waals surface area (Å²) in [6, 6.07) is 0. The molecule has 20 heavy (non-hydrogen) atoms. The van der Waals surface area contributed by atoms with Crippen molar-refractivity contribution in [2.24, 2.45) is 5.41 Å². The van der Waals surface area contributed by atoms with E-state index in [0.717, 1.165) is 17.5 Å². The quantitative estimate of drug-likeness (QED) is 0.840. The summed E-state index contributed by atoms with van der Waals surface area (Å²) in [6.45, 7) is 2.52. The van der Waals surface area contributed by atoms with E-state index in [1.807, 2.05) is 0 Å². The molecule has 1 aromatic rings. The molecule has 110 valence electrons. The third kappa shape index (κ3) is 3.79. The zero-order chi connectivity index (χ0) is 14.6. The van der Waals surface area contributed by atoms with Crippen molar-refractivity contribution in [3.8, 4) is 0 Å². The van der Waals surface area contributed by atoms with E-state index in [-0.39, 0.29) is 23.6 Å². The second-order valence-electron chi connectivity index (χ2n) is 5.75. The van der Waals surface area contributed by atoms with Crippen LogP contribution in [0.3, 0.4) is 0 Å². The van der Waals surface area contributed by atoms with Crippen molar-refractivity contribution in [1.82, 2.24) is 20.3 Å². The highest BCUT2D eigenvalue weighted by molar-refractivity contribution is 5.91. The number of nitrogens with one attached hydrogen (secondary N) is 1. The van der Waals surface area contributed by atoms with Crippen LogP contribution in [0.2, 0.25) is 0 Å². The number of carboxylic acids is 1. The van der Waals surface area contributed by atoms with Gasteiger partial charge in [0.15, 0.2) is 5.69 Å². The second kappa shape index (κ2) is 6.02. The number of hydrogen-bond donors (Lipinski definition) is 2. The minimum absolute atomic E-state index is 0.158. The van der Waals surface area contributed by atoms with E-state index in [0.29, 0.717) is 6.54 Å². The molecule has 2 N–H and O–H groups in total. The van der Waals surface area contributed by atoms with Gasteiger partial charge in [-0.2, -0.15) is 0 Å². The van der Waals surface area contributed by atoms with Gasteiger partial charge in [-0.3, -0.25) is 9.59 Å². The molecule has 7 heteroatoms. The van der Waals surface area contributed by atoms with Crippen LogP contribution < -0.4 is 5.32 Å². The zero-order valence-electron chi connectivity index (χ0n) is 11.6. The minimum Gasteiger partial charge on any atom is -0.480 e. The minimum atomic E-state index is -1.02. The fraction of sp³-hybridized carbons (Fsp3) is 0.692. The second-order valence-corrected chi connectivity index (χ2v) is 5.75. The summed E-state index contributed by atoms with van der Waals surface area (Å²) >= 11 is 0. The van der Waals surface area contributed by atoms with E-state index in [9.17, 15) is 9.59 Å². The largest absolute Gasteiger partial charge is 0.480 e. The fourth-order valence-corrected chi connectivity index (χ4v) is 2.58. The van der Waals surface area contributed by atoms with Gasteiger partial charge in [0, 0.05) is 6.54 Å². The number of aromatic nitrogens is 3. The smallest absolute Gasteiger partial charge is 0.325 e. The molecule has 1 amide bonds. The Morgan fingerprint density at radius 2 is 2.10 bits per heavy atom. The first kappa shape index (κ1) is 14.5. The van der Waals surface area contributed by atoms with Gasteiger partial charge >= 0.3 is 5.97 Å². The molecule has 0 aliphatic heterocycles. The van der Waals surface area contributed by atoms with Gasteiger partial charge in [-0.25, -0.2) is 4.68 Å². The van der Waals surface area contributed by atoms with E-state index in [2.05, 4.69) is 22.6 Å². The summed E-state index contributed by atoms with van der Waals surface area (Å²) in [6.07, 6.45) is 7.29. The maximum Gasteiger partial charge on any atom is 0.325 e. The standard InChI is InChI=1S/C13H20N4O3/c1-13(5-3-2-4-6-13)9-14-12(20)10-7-17(16-15-10)8-11(18)19/h7H,2-6,8-9H2,1H3,(H,14,20)(H,18,19). The van der Waals surface area contributed by atoms with Gasteiger partial charge in [-0.05, 0) is 18.3 Å². The van der Waals surface area contributed by atoms with Crippen LogP contribution in [0.1, 0.15) is 49.5 Å². The van der Waals surface area contributed by atoms with Crippen molar-refractivity contribution >= 4 is 11.9 Å². The Kier molecular flexibility index (Phi) is 4.36. The molecule has 0 bridgehead atoms. The average Bonchev–Trinajstić information content (AvgIpc) is 2.85. The van der Waals surface area contributed by atoms with Crippen molar-refractivity contribution in [2.75, 3.05) is 6.54 Å². The first-order chi connectivity index (χ1) is 9.48. The number of carbonyl (C=O) groups is 2. The molecule has 0 radical (unpaired) electrons. The molecule has 1 heterocycles. The van der Waals surface area contributed by atoms with Crippen LogP contribution in [0.15, 0.2) is 6.20 Å². The molecule has 2 rings (SSSR count). The Balaban J connectivity index is 1.88. The van der Waals surface area contributed by atoms with Crippen LogP contribution in [0, 0.1) is 5.41 Å².